The summed E-state index contributed by atoms with van der Waals surface area (Å²) >= 11 is 0. The topological polar surface area (TPSA) is 85.3 Å². The van der Waals surface area contributed by atoms with Gasteiger partial charge in [-0.2, -0.15) is 5.10 Å². The zero-order valence-corrected chi connectivity index (χ0v) is 15.8. The number of ether oxygens (including phenoxy) is 1. The number of rotatable bonds is 6. The van der Waals surface area contributed by atoms with E-state index in [1.165, 1.54) is 0 Å². The van der Waals surface area contributed by atoms with Gasteiger partial charge in [-0.25, -0.2) is 4.68 Å². The Bertz CT molecular complexity index is 967. The molecule has 0 bridgehead atoms. The molecule has 0 saturated heterocycles. The lowest BCUT2D eigenvalue weighted by Gasteiger charge is -2.10. The second-order valence-corrected chi connectivity index (χ2v) is 6.17. The third-order valence-corrected chi connectivity index (χ3v) is 4.15. The van der Waals surface area contributed by atoms with E-state index < -0.39 is 11.8 Å². The Balaban J connectivity index is 1.55. The largest absolute Gasteiger partial charge is 0.483 e. The molecule has 2 aromatic carbocycles. The van der Waals surface area contributed by atoms with Crippen LogP contribution in [-0.4, -0.2) is 28.2 Å². The van der Waals surface area contributed by atoms with Crippen molar-refractivity contribution in [3.63, 3.8) is 0 Å². The third-order valence-electron chi connectivity index (χ3n) is 4.15. The molecule has 0 saturated carbocycles. The lowest BCUT2D eigenvalue weighted by Crippen LogP contribution is -2.44. The monoisotopic (exact) mass is 378 g/mol. The normalized spacial score (nSPS) is 10.4. The number of hydrogen-bond acceptors (Lipinski definition) is 4. The number of para-hydroxylation sites is 2. The molecule has 0 spiro atoms. The standard InChI is InChI=1S/C21H22N4O3/c1-3-16-9-7-8-12-19(16)28-14-20(26)22-23-21(27)18-13-15(2)25(24-18)17-10-5-4-6-11-17/h4-13H,3,14H2,1-2H3,(H,22,26)(H,23,27). The van der Waals surface area contributed by atoms with Gasteiger partial charge in [0.15, 0.2) is 12.3 Å². The number of benzene rings is 2. The maximum atomic E-state index is 12.3. The minimum Gasteiger partial charge on any atom is -0.483 e. The zero-order valence-electron chi connectivity index (χ0n) is 15.8. The lowest BCUT2D eigenvalue weighted by molar-refractivity contribution is -0.123. The van der Waals surface area contributed by atoms with E-state index in [4.69, 9.17) is 4.74 Å². The molecule has 0 aliphatic rings. The second-order valence-electron chi connectivity index (χ2n) is 6.17. The number of carbonyl (C=O) groups excluding carboxylic acids is 2. The van der Waals surface area contributed by atoms with Gasteiger partial charge in [-0.15, -0.1) is 0 Å². The molecule has 2 amide bonds. The molecule has 2 N–H and O–H groups in total. The number of carbonyl (C=O) groups is 2. The van der Waals surface area contributed by atoms with Gasteiger partial charge in [-0.3, -0.25) is 20.4 Å². The highest BCUT2D eigenvalue weighted by atomic mass is 16.5. The van der Waals surface area contributed by atoms with E-state index in [0.29, 0.717) is 5.75 Å². The average Bonchev–Trinajstić information content (AvgIpc) is 3.13. The molecule has 0 unspecified atom stereocenters. The van der Waals surface area contributed by atoms with Crippen molar-refractivity contribution >= 4 is 11.8 Å². The zero-order chi connectivity index (χ0) is 19.9. The molecule has 0 aliphatic carbocycles. The molecule has 0 fully saturated rings. The van der Waals surface area contributed by atoms with Crippen molar-refractivity contribution in [2.24, 2.45) is 0 Å². The Morgan fingerprint density at radius 3 is 2.50 bits per heavy atom. The van der Waals surface area contributed by atoms with Gasteiger partial charge in [-0.05, 0) is 43.2 Å². The van der Waals surface area contributed by atoms with Gasteiger partial charge in [0.05, 0.1) is 5.69 Å². The van der Waals surface area contributed by atoms with Crippen LogP contribution in [0.1, 0.15) is 28.7 Å². The molecule has 28 heavy (non-hydrogen) atoms. The number of nitrogens with one attached hydrogen (secondary N) is 2. The number of nitrogens with zero attached hydrogens (tertiary/aromatic N) is 2. The van der Waals surface area contributed by atoms with Crippen molar-refractivity contribution in [2.45, 2.75) is 20.3 Å². The number of aromatic nitrogens is 2. The van der Waals surface area contributed by atoms with Crippen molar-refractivity contribution in [1.29, 1.82) is 0 Å². The van der Waals surface area contributed by atoms with Crippen LogP contribution in [0.3, 0.4) is 0 Å². The summed E-state index contributed by atoms with van der Waals surface area (Å²) in [6, 6.07) is 18.7. The number of hydrazine groups is 1. The van der Waals surface area contributed by atoms with E-state index in [1.54, 1.807) is 10.7 Å². The van der Waals surface area contributed by atoms with Gasteiger partial charge in [0.25, 0.3) is 11.8 Å². The molecular weight excluding hydrogens is 356 g/mol. The van der Waals surface area contributed by atoms with E-state index in [9.17, 15) is 9.59 Å². The molecule has 0 radical (unpaired) electrons. The van der Waals surface area contributed by atoms with Gasteiger partial charge >= 0.3 is 0 Å². The molecule has 1 aromatic heterocycles. The minimum atomic E-state index is -0.500. The maximum absolute atomic E-state index is 12.3. The first-order chi connectivity index (χ1) is 13.6. The predicted octanol–water partition coefficient (Wildman–Crippen LogP) is 2.58. The highest BCUT2D eigenvalue weighted by Crippen LogP contribution is 2.18. The van der Waals surface area contributed by atoms with Crippen molar-refractivity contribution < 1.29 is 14.3 Å². The molecule has 0 aliphatic heterocycles. The number of amides is 2. The van der Waals surface area contributed by atoms with Crippen molar-refractivity contribution in [1.82, 2.24) is 20.6 Å². The van der Waals surface area contributed by atoms with Crippen LogP contribution in [0.5, 0.6) is 5.75 Å². The van der Waals surface area contributed by atoms with E-state index in [1.807, 2.05) is 68.4 Å². The average molecular weight is 378 g/mol. The lowest BCUT2D eigenvalue weighted by atomic mass is 10.1. The summed E-state index contributed by atoms with van der Waals surface area (Å²) in [4.78, 5) is 24.2. The van der Waals surface area contributed by atoms with Crippen LogP contribution in [0.15, 0.2) is 60.7 Å². The van der Waals surface area contributed by atoms with Crippen LogP contribution in [0, 0.1) is 6.92 Å². The van der Waals surface area contributed by atoms with Crippen LogP contribution in [0.4, 0.5) is 0 Å². The first-order valence-electron chi connectivity index (χ1n) is 9.00. The SMILES string of the molecule is CCc1ccccc1OCC(=O)NNC(=O)c1cc(C)n(-c2ccccc2)n1. The Labute approximate surface area is 163 Å². The van der Waals surface area contributed by atoms with Crippen LogP contribution < -0.4 is 15.6 Å². The fraction of sp³-hybridized carbons (Fsp3) is 0.190. The summed E-state index contributed by atoms with van der Waals surface area (Å²) in [6.07, 6.45) is 0.804. The summed E-state index contributed by atoms with van der Waals surface area (Å²) < 4.78 is 7.19. The van der Waals surface area contributed by atoms with Gasteiger partial charge in [-0.1, -0.05) is 43.3 Å². The fourth-order valence-corrected chi connectivity index (χ4v) is 2.72. The van der Waals surface area contributed by atoms with Gasteiger partial charge < -0.3 is 4.74 Å². The smallest absolute Gasteiger partial charge is 0.290 e. The molecule has 1 heterocycles. The van der Waals surface area contributed by atoms with Gasteiger partial charge in [0, 0.05) is 5.69 Å². The van der Waals surface area contributed by atoms with Crippen LogP contribution in [-0.2, 0) is 11.2 Å². The number of hydrogen-bond donors (Lipinski definition) is 2. The number of aryl methyl sites for hydroxylation is 2. The summed E-state index contributed by atoms with van der Waals surface area (Å²) in [7, 11) is 0. The summed E-state index contributed by atoms with van der Waals surface area (Å²) in [5.41, 5.74) is 7.59. The van der Waals surface area contributed by atoms with Crippen molar-refractivity contribution in [3.05, 3.63) is 77.6 Å². The fourth-order valence-electron chi connectivity index (χ4n) is 2.72. The molecule has 7 heteroatoms. The second kappa shape index (κ2) is 8.85. The highest BCUT2D eigenvalue weighted by molar-refractivity contribution is 5.94. The van der Waals surface area contributed by atoms with E-state index in [0.717, 1.165) is 23.4 Å². The first-order valence-corrected chi connectivity index (χ1v) is 9.00. The predicted molar refractivity (Wildman–Crippen MR) is 105 cm³/mol. The molecule has 0 atom stereocenters. The van der Waals surface area contributed by atoms with Crippen molar-refractivity contribution in [2.75, 3.05) is 6.61 Å². The Morgan fingerprint density at radius 1 is 1.04 bits per heavy atom. The van der Waals surface area contributed by atoms with Crippen LogP contribution in [0.25, 0.3) is 5.69 Å². The Kier molecular flexibility index (Phi) is 6.06. The third kappa shape index (κ3) is 4.56. The molecular formula is C21H22N4O3. The van der Waals surface area contributed by atoms with E-state index in [2.05, 4.69) is 16.0 Å². The Morgan fingerprint density at radius 2 is 1.75 bits per heavy atom. The van der Waals surface area contributed by atoms with E-state index >= 15 is 0 Å². The summed E-state index contributed by atoms with van der Waals surface area (Å²) in [5.74, 6) is -0.303. The van der Waals surface area contributed by atoms with E-state index in [-0.39, 0.29) is 12.3 Å². The molecule has 3 rings (SSSR count). The van der Waals surface area contributed by atoms with Gasteiger partial charge in [0.1, 0.15) is 5.75 Å². The molecule has 7 nitrogen and oxygen atoms in total. The molecule has 144 valence electrons. The highest BCUT2D eigenvalue weighted by Gasteiger charge is 2.14. The van der Waals surface area contributed by atoms with Crippen LogP contribution >= 0.6 is 0 Å². The summed E-state index contributed by atoms with van der Waals surface area (Å²) in [5, 5.41) is 4.30. The summed E-state index contributed by atoms with van der Waals surface area (Å²) in [6.45, 7) is 3.67. The molecule has 3 aromatic rings. The van der Waals surface area contributed by atoms with Crippen molar-refractivity contribution in [3.8, 4) is 11.4 Å². The van der Waals surface area contributed by atoms with Crippen LogP contribution in [0.2, 0.25) is 0 Å². The maximum Gasteiger partial charge on any atom is 0.290 e. The minimum absolute atomic E-state index is 0.200. The first kappa shape index (κ1) is 19.2. The Hall–Kier alpha value is -3.61. The quantitative estimate of drug-likeness (QED) is 0.646. The van der Waals surface area contributed by atoms with Gasteiger partial charge in [0.2, 0.25) is 0 Å².